The van der Waals surface area contributed by atoms with Crippen LogP contribution in [0, 0.1) is 0 Å². The van der Waals surface area contributed by atoms with E-state index in [2.05, 4.69) is 30.6 Å². The minimum absolute atomic E-state index is 0.0802. The maximum absolute atomic E-state index is 12.1. The number of rotatable bonds is 5. The van der Waals surface area contributed by atoms with Crippen molar-refractivity contribution in [2.45, 2.75) is 20.0 Å². The van der Waals surface area contributed by atoms with E-state index in [4.69, 9.17) is 0 Å². The Morgan fingerprint density at radius 1 is 1.28 bits per heavy atom. The molecule has 1 amide bonds. The first-order valence-electron chi connectivity index (χ1n) is 7.64. The molecule has 25 heavy (non-hydrogen) atoms. The molecular weight excluding hydrogens is 340 g/mol. The zero-order chi connectivity index (χ0) is 17.2. The van der Waals surface area contributed by atoms with Crippen LogP contribution in [0.15, 0.2) is 36.4 Å². The molecule has 4 aromatic rings. The van der Waals surface area contributed by atoms with Gasteiger partial charge in [0.1, 0.15) is 17.7 Å². The van der Waals surface area contributed by atoms with E-state index in [1.165, 1.54) is 17.3 Å². The summed E-state index contributed by atoms with van der Waals surface area (Å²) in [6.45, 7) is 2.65. The van der Waals surface area contributed by atoms with Crippen molar-refractivity contribution in [3.63, 3.8) is 0 Å². The van der Waals surface area contributed by atoms with Crippen molar-refractivity contribution in [3.8, 4) is 11.3 Å². The van der Waals surface area contributed by atoms with Gasteiger partial charge in [-0.2, -0.15) is 15.0 Å². The number of nitrogens with one attached hydrogen (secondary N) is 1. The van der Waals surface area contributed by atoms with E-state index in [1.807, 2.05) is 18.4 Å². The molecular formula is C15H14N8OS. The zero-order valence-corrected chi connectivity index (χ0v) is 14.1. The van der Waals surface area contributed by atoms with Gasteiger partial charge in [-0.3, -0.25) is 9.48 Å². The van der Waals surface area contributed by atoms with Crippen molar-refractivity contribution in [2.24, 2.45) is 0 Å². The van der Waals surface area contributed by atoms with Gasteiger partial charge in [-0.05, 0) is 18.4 Å². The monoisotopic (exact) mass is 354 g/mol. The average molecular weight is 354 g/mol. The predicted molar refractivity (Wildman–Crippen MR) is 93.0 cm³/mol. The van der Waals surface area contributed by atoms with Crippen LogP contribution in [0.2, 0.25) is 0 Å². The van der Waals surface area contributed by atoms with Gasteiger partial charge < -0.3 is 5.32 Å². The lowest BCUT2D eigenvalue weighted by Crippen LogP contribution is -2.19. The van der Waals surface area contributed by atoms with Crippen molar-refractivity contribution in [2.75, 3.05) is 5.32 Å². The number of hydrogen-bond donors (Lipinski definition) is 1. The van der Waals surface area contributed by atoms with Crippen LogP contribution in [0.3, 0.4) is 0 Å². The number of thiophene rings is 1. The van der Waals surface area contributed by atoms with Gasteiger partial charge in [0.2, 0.25) is 5.91 Å². The van der Waals surface area contributed by atoms with Crippen LogP contribution in [-0.4, -0.2) is 40.6 Å². The molecule has 0 saturated carbocycles. The first kappa shape index (κ1) is 15.4. The van der Waals surface area contributed by atoms with Crippen LogP contribution < -0.4 is 5.32 Å². The summed E-state index contributed by atoms with van der Waals surface area (Å²) in [6.07, 6.45) is 6.54. The van der Waals surface area contributed by atoms with Gasteiger partial charge in [-0.25, -0.2) is 9.97 Å². The summed E-state index contributed by atoms with van der Waals surface area (Å²) < 4.78 is 1.56. The highest BCUT2D eigenvalue weighted by Crippen LogP contribution is 2.27. The second-order valence-corrected chi connectivity index (χ2v) is 6.15. The van der Waals surface area contributed by atoms with Crippen LogP contribution in [-0.2, 0) is 17.9 Å². The summed E-state index contributed by atoms with van der Waals surface area (Å²) in [7, 11) is 0. The van der Waals surface area contributed by atoms with Gasteiger partial charge in [-0.15, -0.1) is 16.4 Å². The van der Waals surface area contributed by atoms with Crippen LogP contribution in [0.25, 0.3) is 21.5 Å². The van der Waals surface area contributed by atoms with E-state index in [0.29, 0.717) is 12.4 Å². The largest absolute Gasteiger partial charge is 0.306 e. The fourth-order valence-electron chi connectivity index (χ4n) is 2.43. The molecule has 0 aliphatic carbocycles. The van der Waals surface area contributed by atoms with Crippen molar-refractivity contribution in [1.29, 1.82) is 0 Å². The number of carbonyl (C=O) groups excluding carboxylic acids is 1. The SMILES string of the molecule is CCn1ncc(NC(=O)Cn2cc(-c3ncnc4sccc34)cn2)n1. The molecule has 4 aromatic heterocycles. The lowest BCUT2D eigenvalue weighted by Gasteiger charge is -2.02. The van der Waals surface area contributed by atoms with Crippen molar-refractivity contribution in [3.05, 3.63) is 36.4 Å². The first-order chi connectivity index (χ1) is 12.2. The van der Waals surface area contributed by atoms with Crippen molar-refractivity contribution < 1.29 is 4.79 Å². The van der Waals surface area contributed by atoms with Gasteiger partial charge in [0, 0.05) is 17.1 Å². The van der Waals surface area contributed by atoms with E-state index in [1.54, 1.807) is 28.4 Å². The van der Waals surface area contributed by atoms with Crippen molar-refractivity contribution in [1.82, 2.24) is 34.7 Å². The molecule has 0 aliphatic rings. The number of carbonyl (C=O) groups is 1. The molecule has 0 unspecified atom stereocenters. The molecule has 10 heteroatoms. The fourth-order valence-corrected chi connectivity index (χ4v) is 3.16. The highest BCUT2D eigenvalue weighted by molar-refractivity contribution is 7.16. The van der Waals surface area contributed by atoms with E-state index in [-0.39, 0.29) is 12.5 Å². The van der Waals surface area contributed by atoms with E-state index in [9.17, 15) is 4.79 Å². The molecule has 0 aliphatic heterocycles. The van der Waals surface area contributed by atoms with E-state index in [0.717, 1.165) is 21.5 Å². The second kappa shape index (κ2) is 6.40. The number of hydrogen-bond acceptors (Lipinski definition) is 7. The predicted octanol–water partition coefficient (Wildman–Crippen LogP) is 1.80. The van der Waals surface area contributed by atoms with Crippen molar-refractivity contribution >= 4 is 33.3 Å². The van der Waals surface area contributed by atoms with Gasteiger partial charge in [-0.1, -0.05) is 0 Å². The van der Waals surface area contributed by atoms with Gasteiger partial charge >= 0.3 is 0 Å². The molecule has 0 spiro atoms. The lowest BCUT2D eigenvalue weighted by molar-refractivity contribution is -0.116. The molecule has 0 bridgehead atoms. The Morgan fingerprint density at radius 3 is 3.04 bits per heavy atom. The molecule has 0 atom stereocenters. The number of aryl methyl sites for hydroxylation is 1. The Kier molecular flexibility index (Phi) is 3.94. The standard InChI is InChI=1S/C15H14N8OS/c1-2-23-19-6-12(21-23)20-13(24)8-22-7-10(5-18-22)14-11-3-4-25-15(11)17-9-16-14/h3-7,9H,2,8H2,1H3,(H,20,21,24). The smallest absolute Gasteiger partial charge is 0.247 e. The number of aromatic nitrogens is 7. The highest BCUT2D eigenvalue weighted by atomic mass is 32.1. The molecule has 9 nitrogen and oxygen atoms in total. The van der Waals surface area contributed by atoms with Gasteiger partial charge in [0.15, 0.2) is 5.82 Å². The number of fused-ring (bicyclic) bond motifs is 1. The number of amides is 1. The van der Waals surface area contributed by atoms with Gasteiger partial charge in [0.25, 0.3) is 0 Å². The topological polar surface area (TPSA) is 103 Å². The first-order valence-corrected chi connectivity index (χ1v) is 8.52. The Labute approximate surface area is 146 Å². The summed E-state index contributed by atoms with van der Waals surface area (Å²) >= 11 is 1.56. The Bertz CT molecular complexity index is 1030. The minimum Gasteiger partial charge on any atom is -0.306 e. The Morgan fingerprint density at radius 2 is 2.20 bits per heavy atom. The summed E-state index contributed by atoms with van der Waals surface area (Å²) in [5.74, 6) is 0.205. The number of nitrogens with zero attached hydrogens (tertiary/aromatic N) is 7. The summed E-state index contributed by atoms with van der Waals surface area (Å²) in [4.78, 5) is 23.1. The third-order valence-electron chi connectivity index (χ3n) is 3.56. The third kappa shape index (κ3) is 3.11. The van der Waals surface area contributed by atoms with E-state index < -0.39 is 0 Å². The highest BCUT2D eigenvalue weighted by Gasteiger charge is 2.12. The summed E-state index contributed by atoms with van der Waals surface area (Å²) in [5, 5.41) is 18.0. The maximum atomic E-state index is 12.1. The number of anilines is 1. The molecule has 4 rings (SSSR count). The van der Waals surface area contributed by atoms with Crippen LogP contribution in [0.1, 0.15) is 6.92 Å². The maximum Gasteiger partial charge on any atom is 0.247 e. The minimum atomic E-state index is -0.221. The molecule has 0 fully saturated rings. The molecule has 0 radical (unpaired) electrons. The molecule has 126 valence electrons. The third-order valence-corrected chi connectivity index (χ3v) is 4.38. The molecule has 0 saturated heterocycles. The van der Waals surface area contributed by atoms with Gasteiger partial charge in [0.05, 0.1) is 24.6 Å². The lowest BCUT2D eigenvalue weighted by atomic mass is 10.2. The summed E-state index contributed by atoms with van der Waals surface area (Å²) in [6, 6.07) is 1.98. The Balaban J connectivity index is 1.49. The van der Waals surface area contributed by atoms with Crippen LogP contribution >= 0.6 is 11.3 Å². The average Bonchev–Trinajstić information content (AvgIpc) is 3.34. The van der Waals surface area contributed by atoms with Crippen LogP contribution in [0.5, 0.6) is 0 Å². The second-order valence-electron chi connectivity index (χ2n) is 5.25. The Hall–Kier alpha value is -3.14. The zero-order valence-electron chi connectivity index (χ0n) is 13.3. The van der Waals surface area contributed by atoms with Crippen LogP contribution in [0.4, 0.5) is 5.82 Å². The molecule has 4 heterocycles. The van der Waals surface area contributed by atoms with E-state index >= 15 is 0 Å². The normalized spacial score (nSPS) is 11.1. The quantitative estimate of drug-likeness (QED) is 0.586. The summed E-state index contributed by atoms with van der Waals surface area (Å²) in [5.41, 5.74) is 1.65. The molecule has 0 aromatic carbocycles. The molecule has 1 N–H and O–H groups in total. The fraction of sp³-hybridized carbons (Fsp3) is 0.200.